The molecule has 0 aromatic heterocycles. The van der Waals surface area contributed by atoms with Crippen LogP contribution in [0.5, 0.6) is 0 Å². The Hall–Kier alpha value is -2.04. The molecule has 0 radical (unpaired) electrons. The average Bonchev–Trinajstić information content (AvgIpc) is 2.41. The highest BCUT2D eigenvalue weighted by Gasteiger charge is 2.43. The van der Waals surface area contributed by atoms with Crippen molar-refractivity contribution in [2.24, 2.45) is 5.41 Å². The molecule has 114 valence electrons. The molecule has 0 bridgehead atoms. The van der Waals surface area contributed by atoms with E-state index in [0.29, 0.717) is 18.5 Å². The van der Waals surface area contributed by atoms with Gasteiger partial charge in [-0.1, -0.05) is 25.0 Å². The van der Waals surface area contributed by atoms with E-state index < -0.39 is 11.4 Å². The fraction of sp³-hybridized carbons (Fsp3) is 0.500. The standard InChI is InChI=1S/C16H22N2O3/c1-11-6-5-7-12(10-11)17-15(21)18-13-8-3-4-9-16(13,2)14(19)20/h5-7,10,13H,3-4,8-9H2,1-2H3,(H,19,20)(H2,17,18,21). The van der Waals surface area contributed by atoms with Crippen molar-refractivity contribution >= 4 is 17.7 Å². The van der Waals surface area contributed by atoms with Gasteiger partial charge in [-0.25, -0.2) is 4.79 Å². The van der Waals surface area contributed by atoms with Crippen LogP contribution in [0.4, 0.5) is 10.5 Å². The Labute approximate surface area is 124 Å². The molecule has 1 aliphatic rings. The fourth-order valence-corrected chi connectivity index (χ4v) is 2.87. The van der Waals surface area contributed by atoms with Crippen molar-refractivity contribution in [3.63, 3.8) is 0 Å². The van der Waals surface area contributed by atoms with Crippen LogP contribution in [0.15, 0.2) is 24.3 Å². The smallest absolute Gasteiger partial charge is 0.319 e. The lowest BCUT2D eigenvalue weighted by atomic mass is 9.72. The van der Waals surface area contributed by atoms with Crippen LogP contribution in [0.2, 0.25) is 0 Å². The molecular formula is C16H22N2O3. The Morgan fingerprint density at radius 2 is 2.10 bits per heavy atom. The number of urea groups is 1. The van der Waals surface area contributed by atoms with E-state index in [0.717, 1.165) is 18.4 Å². The zero-order chi connectivity index (χ0) is 15.5. The second-order valence-electron chi connectivity index (χ2n) is 5.99. The Kier molecular flexibility index (Phi) is 4.50. The van der Waals surface area contributed by atoms with Gasteiger partial charge in [0.15, 0.2) is 0 Å². The zero-order valence-corrected chi connectivity index (χ0v) is 12.5. The van der Waals surface area contributed by atoms with Gasteiger partial charge < -0.3 is 15.7 Å². The first-order valence-corrected chi connectivity index (χ1v) is 7.29. The molecule has 1 aromatic carbocycles. The van der Waals surface area contributed by atoms with Crippen molar-refractivity contribution in [3.8, 4) is 0 Å². The number of aliphatic carboxylic acids is 1. The first-order chi connectivity index (χ1) is 9.91. The summed E-state index contributed by atoms with van der Waals surface area (Å²) in [6.45, 7) is 3.66. The summed E-state index contributed by atoms with van der Waals surface area (Å²) in [7, 11) is 0. The van der Waals surface area contributed by atoms with Crippen LogP contribution in [-0.2, 0) is 4.79 Å². The summed E-state index contributed by atoms with van der Waals surface area (Å²) in [5.41, 5.74) is 0.878. The highest BCUT2D eigenvalue weighted by molar-refractivity contribution is 5.90. The zero-order valence-electron chi connectivity index (χ0n) is 12.5. The minimum atomic E-state index is -0.887. The normalized spacial score (nSPS) is 25.1. The minimum absolute atomic E-state index is 0.339. The van der Waals surface area contributed by atoms with Crippen molar-refractivity contribution in [1.29, 1.82) is 0 Å². The predicted molar refractivity (Wildman–Crippen MR) is 81.3 cm³/mol. The third-order valence-corrected chi connectivity index (χ3v) is 4.28. The summed E-state index contributed by atoms with van der Waals surface area (Å²) < 4.78 is 0. The van der Waals surface area contributed by atoms with Gasteiger partial charge in [-0.2, -0.15) is 0 Å². The quantitative estimate of drug-likeness (QED) is 0.800. The molecule has 2 amide bonds. The van der Waals surface area contributed by atoms with Crippen LogP contribution >= 0.6 is 0 Å². The molecular weight excluding hydrogens is 268 g/mol. The predicted octanol–water partition coefficient (Wildman–Crippen LogP) is 3.15. The summed E-state index contributed by atoms with van der Waals surface area (Å²) in [5.74, 6) is -0.844. The molecule has 3 N–H and O–H groups in total. The number of anilines is 1. The molecule has 1 fully saturated rings. The monoisotopic (exact) mass is 290 g/mol. The van der Waals surface area contributed by atoms with E-state index >= 15 is 0 Å². The summed E-state index contributed by atoms with van der Waals surface area (Å²) in [4.78, 5) is 23.6. The van der Waals surface area contributed by atoms with E-state index in [9.17, 15) is 14.7 Å². The number of carbonyl (C=O) groups is 2. The lowest BCUT2D eigenvalue weighted by molar-refractivity contribution is -0.151. The number of hydrogen-bond donors (Lipinski definition) is 3. The fourth-order valence-electron chi connectivity index (χ4n) is 2.87. The molecule has 0 saturated heterocycles. The van der Waals surface area contributed by atoms with Crippen LogP contribution in [0, 0.1) is 12.3 Å². The van der Waals surface area contributed by atoms with Gasteiger partial charge in [0.2, 0.25) is 0 Å². The minimum Gasteiger partial charge on any atom is -0.481 e. The first kappa shape index (κ1) is 15.4. The number of rotatable bonds is 3. The average molecular weight is 290 g/mol. The van der Waals surface area contributed by atoms with E-state index in [1.807, 2.05) is 31.2 Å². The molecule has 0 aliphatic heterocycles. The Morgan fingerprint density at radius 1 is 1.33 bits per heavy atom. The summed E-state index contributed by atoms with van der Waals surface area (Å²) >= 11 is 0. The van der Waals surface area contributed by atoms with Gasteiger partial charge in [0.25, 0.3) is 0 Å². The highest BCUT2D eigenvalue weighted by atomic mass is 16.4. The molecule has 5 nitrogen and oxygen atoms in total. The van der Waals surface area contributed by atoms with Crippen molar-refractivity contribution in [3.05, 3.63) is 29.8 Å². The van der Waals surface area contributed by atoms with Crippen molar-refractivity contribution in [2.45, 2.75) is 45.6 Å². The van der Waals surface area contributed by atoms with Crippen LogP contribution in [-0.4, -0.2) is 23.1 Å². The Bertz CT molecular complexity index is 544. The number of benzene rings is 1. The van der Waals surface area contributed by atoms with E-state index in [-0.39, 0.29) is 12.1 Å². The van der Waals surface area contributed by atoms with E-state index in [1.165, 1.54) is 0 Å². The van der Waals surface area contributed by atoms with Gasteiger partial charge in [0.1, 0.15) is 0 Å². The topological polar surface area (TPSA) is 78.4 Å². The van der Waals surface area contributed by atoms with Gasteiger partial charge in [-0.3, -0.25) is 4.79 Å². The second kappa shape index (κ2) is 6.16. The number of carbonyl (C=O) groups excluding carboxylic acids is 1. The molecule has 2 atom stereocenters. The SMILES string of the molecule is Cc1cccc(NC(=O)NC2CCCCC2(C)C(=O)O)c1. The van der Waals surface area contributed by atoms with Gasteiger partial charge in [-0.15, -0.1) is 0 Å². The molecule has 2 rings (SSSR count). The summed E-state index contributed by atoms with van der Waals surface area (Å²) in [6.07, 6.45) is 3.13. The van der Waals surface area contributed by atoms with Crippen LogP contribution < -0.4 is 10.6 Å². The van der Waals surface area contributed by atoms with Crippen molar-refractivity contribution < 1.29 is 14.7 Å². The maximum absolute atomic E-state index is 12.1. The number of carboxylic acid groups (broad SMARTS) is 1. The van der Waals surface area contributed by atoms with Crippen molar-refractivity contribution in [1.82, 2.24) is 5.32 Å². The van der Waals surface area contributed by atoms with Gasteiger partial charge in [-0.05, 0) is 44.4 Å². The third kappa shape index (κ3) is 3.54. The van der Waals surface area contributed by atoms with Crippen LogP contribution in [0.25, 0.3) is 0 Å². The maximum atomic E-state index is 12.1. The molecule has 1 saturated carbocycles. The lowest BCUT2D eigenvalue weighted by Gasteiger charge is -2.38. The van der Waals surface area contributed by atoms with Crippen LogP contribution in [0.1, 0.15) is 38.2 Å². The summed E-state index contributed by atoms with van der Waals surface area (Å²) in [5, 5.41) is 15.0. The van der Waals surface area contributed by atoms with Gasteiger partial charge >= 0.3 is 12.0 Å². The third-order valence-electron chi connectivity index (χ3n) is 4.28. The summed E-state index contributed by atoms with van der Waals surface area (Å²) in [6, 6.07) is 6.81. The van der Waals surface area contributed by atoms with E-state index in [1.54, 1.807) is 6.92 Å². The largest absolute Gasteiger partial charge is 0.481 e. The second-order valence-corrected chi connectivity index (χ2v) is 5.99. The number of amides is 2. The Balaban J connectivity index is 2.02. The molecule has 2 unspecified atom stereocenters. The molecule has 21 heavy (non-hydrogen) atoms. The lowest BCUT2D eigenvalue weighted by Crippen LogP contribution is -2.53. The molecule has 1 aliphatic carbocycles. The molecule has 1 aromatic rings. The van der Waals surface area contributed by atoms with E-state index in [2.05, 4.69) is 10.6 Å². The first-order valence-electron chi connectivity index (χ1n) is 7.29. The number of carboxylic acids is 1. The van der Waals surface area contributed by atoms with E-state index in [4.69, 9.17) is 0 Å². The van der Waals surface area contributed by atoms with Crippen molar-refractivity contribution in [2.75, 3.05) is 5.32 Å². The number of aryl methyl sites for hydroxylation is 1. The number of hydrogen-bond acceptors (Lipinski definition) is 2. The Morgan fingerprint density at radius 3 is 2.76 bits per heavy atom. The molecule has 0 heterocycles. The maximum Gasteiger partial charge on any atom is 0.319 e. The number of nitrogens with one attached hydrogen (secondary N) is 2. The van der Waals surface area contributed by atoms with Gasteiger partial charge in [0.05, 0.1) is 5.41 Å². The van der Waals surface area contributed by atoms with Crippen LogP contribution in [0.3, 0.4) is 0 Å². The van der Waals surface area contributed by atoms with Gasteiger partial charge in [0, 0.05) is 11.7 Å². The molecule has 0 spiro atoms. The highest BCUT2D eigenvalue weighted by Crippen LogP contribution is 2.36. The molecule has 5 heteroatoms.